The number of carbonyl (C=O) groups is 1. The van der Waals surface area contributed by atoms with Crippen molar-refractivity contribution in [2.75, 3.05) is 5.32 Å². The van der Waals surface area contributed by atoms with Crippen molar-refractivity contribution in [3.05, 3.63) is 59.7 Å². The number of hydrogen-bond donors (Lipinski definition) is 1. The molecule has 1 atom stereocenters. The molecule has 1 amide bonds. The van der Waals surface area contributed by atoms with Gasteiger partial charge in [-0.05, 0) is 43.0 Å². The number of amides is 1. The number of nitrogens with one attached hydrogen (secondary N) is 1. The third kappa shape index (κ3) is 5.74. The second kappa shape index (κ2) is 9.29. The van der Waals surface area contributed by atoms with Crippen LogP contribution in [0, 0.1) is 5.92 Å². The first-order valence-corrected chi connectivity index (χ1v) is 10.9. The Hall–Kier alpha value is -3.30. The number of alkyl halides is 3. The highest BCUT2D eigenvalue weighted by atomic mass is 19.4. The van der Waals surface area contributed by atoms with Gasteiger partial charge in [0.2, 0.25) is 5.91 Å². The lowest BCUT2D eigenvalue weighted by molar-refractivity contribution is -0.141. The first-order chi connectivity index (χ1) is 15.7. The molecule has 3 aromatic rings. The summed E-state index contributed by atoms with van der Waals surface area (Å²) in [4.78, 5) is 12.6. The van der Waals surface area contributed by atoms with E-state index in [1.807, 2.05) is 24.3 Å². The van der Waals surface area contributed by atoms with Crippen LogP contribution in [0.15, 0.2) is 42.7 Å². The average molecular weight is 461 g/mol. The van der Waals surface area contributed by atoms with E-state index in [1.54, 1.807) is 17.8 Å². The Morgan fingerprint density at radius 1 is 1.27 bits per heavy atom. The van der Waals surface area contributed by atoms with Gasteiger partial charge in [-0.25, -0.2) is 4.68 Å². The molecular weight excluding hydrogens is 435 g/mol. The summed E-state index contributed by atoms with van der Waals surface area (Å²) in [5.41, 5.74) is 1.33. The standard InChI is InChI=1S/C23H26F3N5O2/c1-3-16-4-8-19(9-5-16)33-14-30-13-18(11-27-30)28-22(32)15(2)12-31-20(17-6-7-17)10-21(29-31)23(24,25)26/h4-5,8-11,13,15,17H,3,6-7,12,14H2,1-2H3,(H,28,32). The quantitative estimate of drug-likeness (QED) is 0.494. The van der Waals surface area contributed by atoms with Crippen molar-refractivity contribution in [1.82, 2.24) is 19.6 Å². The Balaban J connectivity index is 1.33. The first kappa shape index (κ1) is 22.9. The fourth-order valence-electron chi connectivity index (χ4n) is 3.49. The average Bonchev–Trinajstić information content (AvgIpc) is 3.38. The summed E-state index contributed by atoms with van der Waals surface area (Å²) in [6, 6.07) is 8.88. The van der Waals surface area contributed by atoms with Crippen LogP contribution in [0.1, 0.15) is 49.6 Å². The molecular formula is C23H26F3N5O2. The van der Waals surface area contributed by atoms with Gasteiger partial charge in [0.25, 0.3) is 0 Å². The number of rotatable bonds is 9. The topological polar surface area (TPSA) is 74.0 Å². The van der Waals surface area contributed by atoms with E-state index in [9.17, 15) is 18.0 Å². The molecule has 1 aliphatic carbocycles. The molecule has 1 saturated carbocycles. The molecule has 10 heteroatoms. The van der Waals surface area contributed by atoms with Crippen molar-refractivity contribution in [3.63, 3.8) is 0 Å². The number of anilines is 1. The fourth-order valence-corrected chi connectivity index (χ4v) is 3.49. The third-order valence-electron chi connectivity index (χ3n) is 5.59. The van der Waals surface area contributed by atoms with Gasteiger partial charge in [0.1, 0.15) is 5.75 Å². The van der Waals surface area contributed by atoms with Gasteiger partial charge >= 0.3 is 6.18 Å². The molecule has 1 unspecified atom stereocenters. The molecule has 1 fully saturated rings. The van der Waals surface area contributed by atoms with E-state index in [1.165, 1.54) is 16.4 Å². The van der Waals surface area contributed by atoms with Gasteiger partial charge in [-0.2, -0.15) is 23.4 Å². The third-order valence-corrected chi connectivity index (χ3v) is 5.59. The number of carbonyl (C=O) groups excluding carboxylic acids is 1. The van der Waals surface area contributed by atoms with Gasteiger partial charge in [0.15, 0.2) is 12.4 Å². The van der Waals surface area contributed by atoms with Gasteiger partial charge in [0.05, 0.1) is 30.5 Å². The maximum Gasteiger partial charge on any atom is 0.435 e. The zero-order valence-corrected chi connectivity index (χ0v) is 18.5. The second-order valence-corrected chi connectivity index (χ2v) is 8.34. The summed E-state index contributed by atoms with van der Waals surface area (Å²) >= 11 is 0. The van der Waals surface area contributed by atoms with Crippen LogP contribution in [0.3, 0.4) is 0 Å². The molecule has 4 rings (SSSR count). The van der Waals surface area contributed by atoms with Crippen LogP contribution in [-0.4, -0.2) is 25.5 Å². The summed E-state index contributed by atoms with van der Waals surface area (Å²) in [5.74, 6) is -0.109. The van der Waals surface area contributed by atoms with Crippen LogP contribution in [-0.2, 0) is 30.7 Å². The summed E-state index contributed by atoms with van der Waals surface area (Å²) < 4.78 is 47.8. The van der Waals surface area contributed by atoms with E-state index in [0.717, 1.165) is 25.3 Å². The maximum absolute atomic E-state index is 13.1. The van der Waals surface area contributed by atoms with Gasteiger partial charge < -0.3 is 10.1 Å². The van der Waals surface area contributed by atoms with Crippen LogP contribution in [0.4, 0.5) is 18.9 Å². The lowest BCUT2D eigenvalue weighted by Gasteiger charge is -2.13. The number of benzene rings is 1. The molecule has 1 aliphatic rings. The molecule has 176 valence electrons. The molecule has 0 radical (unpaired) electrons. The van der Waals surface area contributed by atoms with Crippen molar-refractivity contribution >= 4 is 11.6 Å². The minimum Gasteiger partial charge on any atom is -0.471 e. The zero-order chi connectivity index (χ0) is 23.6. The summed E-state index contributed by atoms with van der Waals surface area (Å²) in [6.07, 6.45) is 1.26. The molecule has 0 spiro atoms. The first-order valence-electron chi connectivity index (χ1n) is 10.9. The zero-order valence-electron chi connectivity index (χ0n) is 18.5. The SMILES string of the molecule is CCc1ccc(OCn2cc(NC(=O)C(C)Cn3nc(C(F)(F)F)cc3C3CC3)cn2)cc1. The molecule has 2 heterocycles. The van der Waals surface area contributed by atoms with Gasteiger partial charge in [-0.1, -0.05) is 26.0 Å². The number of halogens is 3. The highest BCUT2D eigenvalue weighted by Crippen LogP contribution is 2.42. The number of ether oxygens (including phenoxy) is 1. The number of aryl methyl sites for hydroxylation is 1. The minimum absolute atomic E-state index is 0.0682. The molecule has 7 nitrogen and oxygen atoms in total. The number of aromatic nitrogens is 4. The number of nitrogens with zero attached hydrogens (tertiary/aromatic N) is 4. The molecule has 1 aromatic carbocycles. The maximum atomic E-state index is 13.1. The Labute approximate surface area is 189 Å². The summed E-state index contributed by atoms with van der Waals surface area (Å²) in [7, 11) is 0. The smallest absolute Gasteiger partial charge is 0.435 e. The van der Waals surface area contributed by atoms with Crippen molar-refractivity contribution < 1.29 is 22.7 Å². The van der Waals surface area contributed by atoms with Gasteiger partial charge in [0, 0.05) is 11.6 Å². The molecule has 33 heavy (non-hydrogen) atoms. The van der Waals surface area contributed by atoms with Crippen molar-refractivity contribution in [3.8, 4) is 5.75 Å². The Morgan fingerprint density at radius 3 is 2.64 bits per heavy atom. The lowest BCUT2D eigenvalue weighted by atomic mass is 10.1. The van der Waals surface area contributed by atoms with E-state index in [4.69, 9.17) is 4.74 Å². The van der Waals surface area contributed by atoms with Crippen LogP contribution < -0.4 is 10.1 Å². The number of hydrogen-bond acceptors (Lipinski definition) is 4. The fraction of sp³-hybridized carbons (Fsp3) is 0.435. The molecule has 2 aromatic heterocycles. The summed E-state index contributed by atoms with van der Waals surface area (Å²) in [6.45, 7) is 3.99. The minimum atomic E-state index is -4.50. The largest absolute Gasteiger partial charge is 0.471 e. The van der Waals surface area contributed by atoms with Crippen molar-refractivity contribution in [2.24, 2.45) is 5.92 Å². The Morgan fingerprint density at radius 2 is 2.00 bits per heavy atom. The highest BCUT2D eigenvalue weighted by Gasteiger charge is 2.38. The Kier molecular flexibility index (Phi) is 6.44. The van der Waals surface area contributed by atoms with Gasteiger partial charge in [-0.3, -0.25) is 9.48 Å². The van der Waals surface area contributed by atoms with Gasteiger partial charge in [-0.15, -0.1) is 0 Å². The molecule has 0 saturated heterocycles. The normalized spacial score (nSPS) is 14.8. The van der Waals surface area contributed by atoms with E-state index < -0.39 is 17.8 Å². The van der Waals surface area contributed by atoms with E-state index in [0.29, 0.717) is 17.1 Å². The molecule has 1 N–H and O–H groups in total. The van der Waals surface area contributed by atoms with Crippen LogP contribution in [0.25, 0.3) is 0 Å². The second-order valence-electron chi connectivity index (χ2n) is 8.34. The highest BCUT2D eigenvalue weighted by molar-refractivity contribution is 5.91. The van der Waals surface area contributed by atoms with Crippen molar-refractivity contribution in [2.45, 2.75) is 58.5 Å². The van der Waals surface area contributed by atoms with E-state index in [2.05, 4.69) is 22.4 Å². The van der Waals surface area contributed by atoms with Crippen LogP contribution >= 0.6 is 0 Å². The van der Waals surface area contributed by atoms with Crippen LogP contribution in [0.2, 0.25) is 0 Å². The monoisotopic (exact) mass is 461 g/mol. The molecule has 0 bridgehead atoms. The molecule has 0 aliphatic heterocycles. The van der Waals surface area contributed by atoms with E-state index >= 15 is 0 Å². The van der Waals surface area contributed by atoms with E-state index in [-0.39, 0.29) is 25.1 Å². The lowest BCUT2D eigenvalue weighted by Crippen LogP contribution is -2.25. The predicted molar refractivity (Wildman–Crippen MR) is 116 cm³/mol. The van der Waals surface area contributed by atoms with Crippen molar-refractivity contribution in [1.29, 1.82) is 0 Å². The summed E-state index contributed by atoms with van der Waals surface area (Å²) in [5, 5.41) is 10.6. The van der Waals surface area contributed by atoms with Crippen LogP contribution in [0.5, 0.6) is 5.75 Å². The predicted octanol–water partition coefficient (Wildman–Crippen LogP) is 4.85. The Bertz CT molecular complexity index is 1100.